The zero-order valence-corrected chi connectivity index (χ0v) is 15.5. The number of aromatic nitrogens is 2. The second-order valence-corrected chi connectivity index (χ2v) is 6.17. The van der Waals surface area contributed by atoms with Crippen LogP contribution in [0.3, 0.4) is 0 Å². The fraction of sp³-hybridized carbons (Fsp3) is 0.474. The minimum absolute atomic E-state index is 0.556. The van der Waals surface area contributed by atoms with Crippen LogP contribution in [0.1, 0.15) is 43.5 Å². The van der Waals surface area contributed by atoms with Crippen LogP contribution in [-0.4, -0.2) is 23.1 Å². The second-order valence-electron chi connectivity index (χ2n) is 5.80. The molecule has 1 N–H and O–H groups in total. The zero-order chi connectivity index (χ0) is 17.4. The fourth-order valence-corrected chi connectivity index (χ4v) is 2.66. The minimum Gasteiger partial charge on any atom is -0.491 e. The third kappa shape index (κ3) is 5.10. The summed E-state index contributed by atoms with van der Waals surface area (Å²) in [7, 11) is 0. The first-order valence-corrected chi connectivity index (χ1v) is 8.99. The molecule has 0 saturated carbocycles. The largest absolute Gasteiger partial charge is 0.491 e. The lowest BCUT2D eigenvalue weighted by Gasteiger charge is -2.13. The summed E-state index contributed by atoms with van der Waals surface area (Å²) in [6.07, 6.45) is 6.06. The molecule has 0 aliphatic heterocycles. The number of benzene rings is 1. The summed E-state index contributed by atoms with van der Waals surface area (Å²) >= 11 is 6.17. The molecule has 5 heteroatoms. The van der Waals surface area contributed by atoms with Crippen molar-refractivity contribution < 1.29 is 4.74 Å². The Hall–Kier alpha value is -1.81. The Balaban J connectivity index is 1.88. The van der Waals surface area contributed by atoms with Gasteiger partial charge in [0.15, 0.2) is 0 Å². The molecule has 2 rings (SSSR count). The molecule has 24 heavy (non-hydrogen) atoms. The maximum absolute atomic E-state index is 6.17. The molecule has 0 radical (unpaired) electrons. The summed E-state index contributed by atoms with van der Waals surface area (Å²) in [5.41, 5.74) is 3.42. The van der Waals surface area contributed by atoms with Crippen molar-refractivity contribution in [3.63, 3.8) is 0 Å². The van der Waals surface area contributed by atoms with E-state index in [0.29, 0.717) is 24.0 Å². The Kier molecular flexibility index (Phi) is 7.32. The van der Waals surface area contributed by atoms with Crippen LogP contribution >= 0.6 is 11.6 Å². The van der Waals surface area contributed by atoms with Gasteiger partial charge in [0.25, 0.3) is 0 Å². The van der Waals surface area contributed by atoms with Crippen molar-refractivity contribution in [1.29, 1.82) is 0 Å². The first-order chi connectivity index (χ1) is 11.7. The van der Waals surface area contributed by atoms with E-state index in [1.54, 1.807) is 0 Å². The van der Waals surface area contributed by atoms with Crippen LogP contribution in [0.15, 0.2) is 24.5 Å². The number of rotatable bonds is 9. The summed E-state index contributed by atoms with van der Waals surface area (Å²) in [5.74, 6) is 1.61. The molecule has 130 valence electrons. The summed E-state index contributed by atoms with van der Waals surface area (Å²) in [6, 6.07) is 6.52. The maximum atomic E-state index is 6.17. The van der Waals surface area contributed by atoms with Crippen molar-refractivity contribution in [2.75, 3.05) is 18.5 Å². The van der Waals surface area contributed by atoms with Gasteiger partial charge in [0.1, 0.15) is 29.5 Å². The molecule has 0 amide bonds. The van der Waals surface area contributed by atoms with Gasteiger partial charge in [0, 0.05) is 0 Å². The van der Waals surface area contributed by atoms with Gasteiger partial charge in [-0.05, 0) is 43.4 Å². The van der Waals surface area contributed by atoms with Gasteiger partial charge in [-0.25, -0.2) is 9.97 Å². The first kappa shape index (κ1) is 18.5. The van der Waals surface area contributed by atoms with E-state index in [4.69, 9.17) is 16.3 Å². The van der Waals surface area contributed by atoms with Crippen LogP contribution in [0, 0.1) is 6.92 Å². The van der Waals surface area contributed by atoms with Gasteiger partial charge in [-0.3, -0.25) is 0 Å². The predicted octanol–water partition coefficient (Wildman–Crippen LogP) is 4.83. The van der Waals surface area contributed by atoms with Gasteiger partial charge in [-0.15, -0.1) is 0 Å². The van der Waals surface area contributed by atoms with Crippen molar-refractivity contribution in [2.45, 2.75) is 46.5 Å². The molecular formula is C19H26ClN3O. The van der Waals surface area contributed by atoms with Crippen LogP contribution in [0.4, 0.5) is 5.82 Å². The fourth-order valence-electron chi connectivity index (χ4n) is 2.50. The van der Waals surface area contributed by atoms with Crippen LogP contribution in [0.5, 0.6) is 5.75 Å². The van der Waals surface area contributed by atoms with Crippen molar-refractivity contribution in [3.05, 3.63) is 46.4 Å². The number of aryl methyl sites for hydroxylation is 3. The number of hydrogen-bond acceptors (Lipinski definition) is 4. The van der Waals surface area contributed by atoms with Crippen molar-refractivity contribution in [2.24, 2.45) is 0 Å². The standard InChI is InChI=1S/C19H26ClN3O/c1-4-6-7-15-8-9-17(16(5-2)12-15)24-11-10-21-19-18(20)14(3)22-13-23-19/h8-9,12-13H,4-7,10-11H2,1-3H3,(H,21,22,23). The molecule has 0 spiro atoms. The quantitative estimate of drug-likeness (QED) is 0.660. The summed E-state index contributed by atoms with van der Waals surface area (Å²) in [4.78, 5) is 8.20. The highest BCUT2D eigenvalue weighted by molar-refractivity contribution is 6.33. The molecule has 0 aliphatic carbocycles. The zero-order valence-electron chi connectivity index (χ0n) is 14.7. The molecular weight excluding hydrogens is 322 g/mol. The average molecular weight is 348 g/mol. The van der Waals surface area contributed by atoms with E-state index in [2.05, 4.69) is 47.3 Å². The van der Waals surface area contributed by atoms with E-state index in [9.17, 15) is 0 Å². The van der Waals surface area contributed by atoms with Crippen molar-refractivity contribution in [1.82, 2.24) is 9.97 Å². The van der Waals surface area contributed by atoms with E-state index in [1.807, 2.05) is 6.92 Å². The smallest absolute Gasteiger partial charge is 0.148 e. The number of halogens is 1. The second kappa shape index (κ2) is 9.48. The number of anilines is 1. The van der Waals surface area contributed by atoms with Crippen molar-refractivity contribution >= 4 is 17.4 Å². The third-order valence-corrected chi connectivity index (χ3v) is 4.39. The molecule has 0 bridgehead atoms. The third-order valence-electron chi connectivity index (χ3n) is 3.94. The number of ether oxygens (including phenoxy) is 1. The molecule has 4 nitrogen and oxygen atoms in total. The number of hydrogen-bond donors (Lipinski definition) is 1. The SMILES string of the molecule is CCCCc1ccc(OCCNc2ncnc(C)c2Cl)c(CC)c1. The van der Waals surface area contributed by atoms with Gasteiger partial charge in [-0.1, -0.05) is 44.0 Å². The van der Waals surface area contributed by atoms with Crippen LogP contribution < -0.4 is 10.1 Å². The van der Waals surface area contributed by atoms with E-state index in [0.717, 1.165) is 24.3 Å². The Morgan fingerprint density at radius 1 is 1.21 bits per heavy atom. The molecule has 1 aromatic heterocycles. The van der Waals surface area contributed by atoms with Gasteiger partial charge in [-0.2, -0.15) is 0 Å². The van der Waals surface area contributed by atoms with Gasteiger partial charge >= 0.3 is 0 Å². The van der Waals surface area contributed by atoms with E-state index in [1.165, 1.54) is 30.3 Å². The summed E-state index contributed by atoms with van der Waals surface area (Å²) in [5, 5.41) is 3.75. The lowest BCUT2D eigenvalue weighted by molar-refractivity contribution is 0.329. The van der Waals surface area contributed by atoms with Gasteiger partial charge < -0.3 is 10.1 Å². The number of unbranched alkanes of at least 4 members (excludes halogenated alkanes) is 1. The van der Waals surface area contributed by atoms with Crippen molar-refractivity contribution in [3.8, 4) is 5.75 Å². The normalized spacial score (nSPS) is 10.7. The minimum atomic E-state index is 0.556. The highest BCUT2D eigenvalue weighted by Crippen LogP contribution is 2.23. The number of nitrogens with zero attached hydrogens (tertiary/aromatic N) is 2. The molecule has 0 unspecified atom stereocenters. The van der Waals surface area contributed by atoms with E-state index in [-0.39, 0.29) is 0 Å². The molecule has 0 fully saturated rings. The maximum Gasteiger partial charge on any atom is 0.148 e. The van der Waals surface area contributed by atoms with Gasteiger partial charge in [0.2, 0.25) is 0 Å². The van der Waals surface area contributed by atoms with E-state index < -0.39 is 0 Å². The lowest BCUT2D eigenvalue weighted by Crippen LogP contribution is -2.13. The Labute approximate surface area is 149 Å². The Bertz CT molecular complexity index is 661. The molecule has 1 heterocycles. The van der Waals surface area contributed by atoms with E-state index >= 15 is 0 Å². The van der Waals surface area contributed by atoms with Gasteiger partial charge in [0.05, 0.1) is 12.2 Å². The van der Waals surface area contributed by atoms with Crippen LogP contribution in [0.25, 0.3) is 0 Å². The number of nitrogens with one attached hydrogen (secondary N) is 1. The Morgan fingerprint density at radius 3 is 2.79 bits per heavy atom. The van der Waals surface area contributed by atoms with Crippen LogP contribution in [-0.2, 0) is 12.8 Å². The average Bonchev–Trinajstić information content (AvgIpc) is 2.60. The monoisotopic (exact) mass is 347 g/mol. The highest BCUT2D eigenvalue weighted by atomic mass is 35.5. The summed E-state index contributed by atoms with van der Waals surface area (Å²) < 4.78 is 5.93. The van der Waals surface area contributed by atoms with Crippen LogP contribution in [0.2, 0.25) is 5.02 Å². The molecule has 1 aromatic carbocycles. The predicted molar refractivity (Wildman–Crippen MR) is 100 cm³/mol. The molecule has 0 atom stereocenters. The Morgan fingerprint density at radius 2 is 2.04 bits per heavy atom. The topological polar surface area (TPSA) is 47.0 Å². The molecule has 0 aliphatic rings. The lowest BCUT2D eigenvalue weighted by atomic mass is 10.0. The summed E-state index contributed by atoms with van der Waals surface area (Å²) in [6.45, 7) is 7.43. The highest BCUT2D eigenvalue weighted by Gasteiger charge is 2.06. The molecule has 0 saturated heterocycles. The molecule has 2 aromatic rings. The first-order valence-electron chi connectivity index (χ1n) is 8.61.